The highest BCUT2D eigenvalue weighted by molar-refractivity contribution is 7.93. The maximum Gasteiger partial charge on any atom is 0.268 e. The molecule has 0 aromatic heterocycles. The number of aryl methyl sites for hydroxylation is 1. The minimum absolute atomic E-state index is 0.0563. The molecule has 9 heteroatoms. The van der Waals surface area contributed by atoms with Gasteiger partial charge in [0.1, 0.15) is 28.8 Å². The molecular formula is C24H25FN2O5S. The Morgan fingerprint density at radius 1 is 1.00 bits per heavy atom. The first-order chi connectivity index (χ1) is 15.7. The van der Waals surface area contributed by atoms with Crippen molar-refractivity contribution < 1.29 is 27.1 Å². The molecule has 0 fully saturated rings. The van der Waals surface area contributed by atoms with Crippen LogP contribution in [-0.2, 0) is 21.4 Å². The van der Waals surface area contributed by atoms with E-state index in [1.807, 2.05) is 0 Å². The lowest BCUT2D eigenvalue weighted by Gasteiger charge is -2.25. The number of nitrogens with zero attached hydrogens (tertiary/aromatic N) is 1. The minimum Gasteiger partial charge on any atom is -0.497 e. The normalized spacial score (nSPS) is 11.0. The summed E-state index contributed by atoms with van der Waals surface area (Å²) in [5.74, 6) is -0.305. The van der Waals surface area contributed by atoms with E-state index in [1.54, 1.807) is 49.4 Å². The molecule has 7 nitrogen and oxygen atoms in total. The van der Waals surface area contributed by atoms with E-state index in [0.717, 1.165) is 9.87 Å². The van der Waals surface area contributed by atoms with Crippen LogP contribution in [0.3, 0.4) is 0 Å². The third-order valence-corrected chi connectivity index (χ3v) is 6.71. The van der Waals surface area contributed by atoms with E-state index in [0.29, 0.717) is 11.3 Å². The van der Waals surface area contributed by atoms with Crippen molar-refractivity contribution in [2.45, 2.75) is 18.4 Å². The number of methoxy groups -OCH3 is 2. The molecule has 3 aromatic rings. The first-order valence-electron chi connectivity index (χ1n) is 10.1. The summed E-state index contributed by atoms with van der Waals surface area (Å²) in [6.07, 6.45) is 0. The number of ether oxygens (including phenoxy) is 2. The predicted octanol–water partition coefficient (Wildman–Crippen LogP) is 3.66. The van der Waals surface area contributed by atoms with Gasteiger partial charge in [0.15, 0.2) is 0 Å². The van der Waals surface area contributed by atoms with Crippen LogP contribution in [0.5, 0.6) is 11.5 Å². The lowest BCUT2D eigenvalue weighted by molar-refractivity contribution is -0.119. The summed E-state index contributed by atoms with van der Waals surface area (Å²) in [7, 11) is -1.33. The van der Waals surface area contributed by atoms with Gasteiger partial charge >= 0.3 is 0 Å². The number of nitrogens with one attached hydrogen (secondary N) is 1. The van der Waals surface area contributed by atoms with Crippen molar-refractivity contribution >= 4 is 21.6 Å². The Bertz CT molecular complexity index is 1230. The van der Waals surface area contributed by atoms with Crippen molar-refractivity contribution in [3.63, 3.8) is 0 Å². The lowest BCUT2D eigenvalue weighted by Crippen LogP contribution is -2.40. The number of carbonyl (C=O) groups excluding carboxylic acids is 1. The average molecular weight is 473 g/mol. The van der Waals surface area contributed by atoms with Crippen LogP contribution >= 0.6 is 0 Å². The van der Waals surface area contributed by atoms with Gasteiger partial charge in [-0.05, 0) is 54.4 Å². The van der Waals surface area contributed by atoms with Crippen LogP contribution in [0.4, 0.5) is 10.1 Å². The minimum atomic E-state index is -4.19. The number of hydrogen-bond acceptors (Lipinski definition) is 5. The molecule has 0 aliphatic rings. The summed E-state index contributed by atoms with van der Waals surface area (Å²) in [6.45, 7) is 1.41. The van der Waals surface area contributed by atoms with E-state index < -0.39 is 22.5 Å². The highest BCUT2D eigenvalue weighted by Crippen LogP contribution is 2.32. The van der Waals surface area contributed by atoms with Gasteiger partial charge in [-0.2, -0.15) is 0 Å². The van der Waals surface area contributed by atoms with E-state index >= 15 is 0 Å². The number of sulfonamides is 1. The smallest absolute Gasteiger partial charge is 0.268 e. The Morgan fingerprint density at radius 2 is 1.73 bits per heavy atom. The number of anilines is 1. The second-order valence-corrected chi connectivity index (χ2v) is 9.10. The molecular weight excluding hydrogens is 447 g/mol. The molecule has 1 amide bonds. The third kappa shape index (κ3) is 5.81. The molecule has 0 saturated heterocycles. The predicted molar refractivity (Wildman–Crippen MR) is 124 cm³/mol. The Kier molecular flexibility index (Phi) is 7.55. The second-order valence-electron chi connectivity index (χ2n) is 7.27. The van der Waals surface area contributed by atoms with E-state index in [2.05, 4.69) is 5.32 Å². The van der Waals surface area contributed by atoms with Crippen LogP contribution in [-0.4, -0.2) is 35.1 Å². The SMILES string of the molecule is COc1cccc(N(CC(=O)NCc2ccc(F)cc2)S(=O)(=O)c2cc(C)ccc2OC)c1. The standard InChI is InChI=1S/C24H25FN2O5S/c1-17-7-12-22(32-3)23(13-17)33(29,30)27(20-5-4-6-21(14-20)31-2)16-24(28)26-15-18-8-10-19(25)11-9-18/h4-14H,15-16H2,1-3H3,(H,26,28). The van der Waals surface area contributed by atoms with Gasteiger partial charge in [0.2, 0.25) is 5.91 Å². The average Bonchev–Trinajstić information content (AvgIpc) is 2.82. The van der Waals surface area contributed by atoms with Gasteiger partial charge in [0, 0.05) is 12.6 Å². The van der Waals surface area contributed by atoms with Crippen molar-refractivity contribution in [2.75, 3.05) is 25.1 Å². The molecule has 1 N–H and O–H groups in total. The van der Waals surface area contributed by atoms with E-state index in [-0.39, 0.29) is 28.7 Å². The van der Waals surface area contributed by atoms with Gasteiger partial charge in [-0.1, -0.05) is 24.3 Å². The van der Waals surface area contributed by atoms with Gasteiger partial charge in [0.25, 0.3) is 10.0 Å². The number of benzene rings is 3. The lowest BCUT2D eigenvalue weighted by atomic mass is 10.2. The molecule has 3 rings (SSSR count). The van der Waals surface area contributed by atoms with Gasteiger partial charge in [0.05, 0.1) is 19.9 Å². The van der Waals surface area contributed by atoms with Gasteiger partial charge < -0.3 is 14.8 Å². The molecule has 0 atom stereocenters. The molecule has 33 heavy (non-hydrogen) atoms. The molecule has 174 valence electrons. The van der Waals surface area contributed by atoms with E-state index in [4.69, 9.17) is 9.47 Å². The topological polar surface area (TPSA) is 84.9 Å². The summed E-state index contributed by atoms with van der Waals surface area (Å²) < 4.78 is 52.0. The van der Waals surface area contributed by atoms with Crippen molar-refractivity contribution in [1.29, 1.82) is 0 Å². The number of halogens is 1. The number of rotatable bonds is 9. The number of amides is 1. The molecule has 0 spiro atoms. The summed E-state index contributed by atoms with van der Waals surface area (Å²) in [5, 5.41) is 2.68. The van der Waals surface area contributed by atoms with Crippen molar-refractivity contribution in [2.24, 2.45) is 0 Å². The monoisotopic (exact) mass is 472 g/mol. The Balaban J connectivity index is 1.95. The highest BCUT2D eigenvalue weighted by Gasteiger charge is 2.30. The van der Waals surface area contributed by atoms with Crippen LogP contribution in [0, 0.1) is 12.7 Å². The summed E-state index contributed by atoms with van der Waals surface area (Å²) in [5.41, 5.74) is 1.66. The van der Waals surface area contributed by atoms with Crippen LogP contribution in [0.1, 0.15) is 11.1 Å². The molecule has 0 bridgehead atoms. The van der Waals surface area contributed by atoms with E-state index in [1.165, 1.54) is 38.5 Å². The fraction of sp³-hybridized carbons (Fsp3) is 0.208. The van der Waals surface area contributed by atoms with E-state index in [9.17, 15) is 17.6 Å². The van der Waals surface area contributed by atoms with Gasteiger partial charge in [-0.25, -0.2) is 12.8 Å². The van der Waals surface area contributed by atoms with Crippen molar-refractivity contribution in [3.05, 3.63) is 83.7 Å². The first kappa shape index (κ1) is 24.1. The number of carbonyl (C=O) groups is 1. The maximum absolute atomic E-state index is 13.7. The fourth-order valence-corrected chi connectivity index (χ4v) is 4.83. The van der Waals surface area contributed by atoms with Crippen molar-refractivity contribution in [3.8, 4) is 11.5 Å². The Morgan fingerprint density at radius 3 is 2.39 bits per heavy atom. The largest absolute Gasteiger partial charge is 0.497 e. The quantitative estimate of drug-likeness (QED) is 0.514. The summed E-state index contributed by atoms with van der Waals surface area (Å²) in [6, 6.07) is 16.9. The molecule has 0 unspecified atom stereocenters. The second kappa shape index (κ2) is 10.4. The fourth-order valence-electron chi connectivity index (χ4n) is 3.17. The zero-order valence-electron chi connectivity index (χ0n) is 18.5. The Labute approximate surface area is 192 Å². The van der Waals surface area contributed by atoms with Crippen LogP contribution in [0.15, 0.2) is 71.6 Å². The Hall–Kier alpha value is -3.59. The third-order valence-electron chi connectivity index (χ3n) is 4.92. The zero-order valence-corrected chi connectivity index (χ0v) is 19.4. The molecule has 0 radical (unpaired) electrons. The molecule has 0 aliphatic carbocycles. The summed E-state index contributed by atoms with van der Waals surface area (Å²) >= 11 is 0. The van der Waals surface area contributed by atoms with Crippen LogP contribution < -0.4 is 19.1 Å². The van der Waals surface area contributed by atoms with Crippen LogP contribution in [0.25, 0.3) is 0 Å². The van der Waals surface area contributed by atoms with Crippen LogP contribution in [0.2, 0.25) is 0 Å². The van der Waals surface area contributed by atoms with Crippen molar-refractivity contribution in [1.82, 2.24) is 5.32 Å². The zero-order chi connectivity index (χ0) is 24.0. The van der Waals surface area contributed by atoms with Gasteiger partial charge in [-0.3, -0.25) is 9.10 Å². The molecule has 0 aliphatic heterocycles. The molecule has 3 aromatic carbocycles. The number of hydrogen-bond donors (Lipinski definition) is 1. The highest BCUT2D eigenvalue weighted by atomic mass is 32.2. The maximum atomic E-state index is 13.7. The van der Waals surface area contributed by atoms with Gasteiger partial charge in [-0.15, -0.1) is 0 Å². The molecule has 0 saturated carbocycles. The molecule has 0 heterocycles. The summed E-state index contributed by atoms with van der Waals surface area (Å²) in [4.78, 5) is 12.7. The first-order valence-corrected chi connectivity index (χ1v) is 11.5.